The van der Waals surface area contributed by atoms with Crippen LogP contribution < -0.4 is 11.2 Å². The number of rotatable bonds is 4. The van der Waals surface area contributed by atoms with Gasteiger partial charge in [0.15, 0.2) is 11.5 Å². The van der Waals surface area contributed by atoms with Crippen LogP contribution in [0.1, 0.15) is 6.92 Å². The number of carbonyl (C=O) groups excluding carboxylic acids is 1. The van der Waals surface area contributed by atoms with E-state index in [1.54, 1.807) is 13.0 Å². The Bertz CT molecular complexity index is 1200. The zero-order valence-electron chi connectivity index (χ0n) is 15.6. The van der Waals surface area contributed by atoms with E-state index < -0.39 is 28.3 Å². The number of ether oxygens (including phenoxy) is 1. The highest BCUT2D eigenvalue weighted by Gasteiger charge is 2.22. The van der Waals surface area contributed by atoms with E-state index in [-0.39, 0.29) is 21.9 Å². The first kappa shape index (κ1) is 19.7. The number of benzene rings is 1. The Labute approximate surface area is 163 Å². The number of fused-ring (bicyclic) bond motifs is 1. The number of carbonyl (C=O) groups is 1. The summed E-state index contributed by atoms with van der Waals surface area (Å²) in [6.07, 6.45) is 0. The largest absolute Gasteiger partial charge is 0.468 e. The molecule has 0 fully saturated rings. The third-order valence-corrected chi connectivity index (χ3v) is 5.24. The van der Waals surface area contributed by atoms with Crippen molar-refractivity contribution in [2.75, 3.05) is 7.11 Å². The minimum absolute atomic E-state index is 0.0990. The Kier molecular flexibility index (Phi) is 5.32. The van der Waals surface area contributed by atoms with Crippen molar-refractivity contribution in [2.24, 2.45) is 14.1 Å². The third-order valence-electron chi connectivity index (χ3n) is 4.17. The molecule has 3 rings (SSSR count). The van der Waals surface area contributed by atoms with Crippen molar-refractivity contribution >= 4 is 28.8 Å². The fraction of sp³-hybridized carbons (Fsp3) is 0.278. The van der Waals surface area contributed by atoms with Crippen molar-refractivity contribution in [2.45, 2.75) is 17.2 Å². The Balaban J connectivity index is 2.35. The molecule has 1 atom stereocenters. The summed E-state index contributed by atoms with van der Waals surface area (Å²) in [5.41, 5.74) is -0.661. The first-order valence-electron chi connectivity index (χ1n) is 8.22. The van der Waals surface area contributed by atoms with Crippen LogP contribution in [0.5, 0.6) is 0 Å². The van der Waals surface area contributed by atoms with Crippen molar-refractivity contribution in [1.29, 1.82) is 0 Å². The highest BCUT2D eigenvalue weighted by Crippen LogP contribution is 2.29. The zero-order valence-corrected chi connectivity index (χ0v) is 16.4. The average molecular weight is 404 g/mol. The monoisotopic (exact) mass is 404 g/mol. The normalized spacial score (nSPS) is 12.2. The topological polar surface area (TPSA) is 96.1 Å². The van der Waals surface area contributed by atoms with Crippen molar-refractivity contribution < 1.29 is 13.9 Å². The summed E-state index contributed by atoms with van der Waals surface area (Å²) in [4.78, 5) is 45.6. The van der Waals surface area contributed by atoms with Gasteiger partial charge in [-0.3, -0.25) is 18.7 Å². The Morgan fingerprint density at radius 3 is 2.57 bits per heavy atom. The van der Waals surface area contributed by atoms with Gasteiger partial charge in [0, 0.05) is 19.7 Å². The van der Waals surface area contributed by atoms with Crippen molar-refractivity contribution in [3.63, 3.8) is 0 Å². The second-order valence-electron chi connectivity index (χ2n) is 6.05. The minimum Gasteiger partial charge on any atom is -0.468 e. The molecule has 0 N–H and O–H groups in total. The fourth-order valence-electron chi connectivity index (χ4n) is 2.65. The van der Waals surface area contributed by atoms with Crippen molar-refractivity contribution in [1.82, 2.24) is 19.1 Å². The lowest BCUT2D eigenvalue weighted by Gasteiger charge is -2.14. The number of hydrogen-bond donors (Lipinski definition) is 0. The molecule has 0 unspecified atom stereocenters. The second kappa shape index (κ2) is 7.55. The second-order valence-corrected chi connectivity index (χ2v) is 7.38. The molecule has 0 aliphatic heterocycles. The van der Waals surface area contributed by atoms with Crippen molar-refractivity contribution in [3.8, 4) is 11.4 Å². The lowest BCUT2D eigenvalue weighted by Crippen LogP contribution is -2.37. The molecule has 10 heteroatoms. The molecule has 28 heavy (non-hydrogen) atoms. The predicted molar refractivity (Wildman–Crippen MR) is 103 cm³/mol. The van der Waals surface area contributed by atoms with Gasteiger partial charge in [-0.2, -0.15) is 0 Å². The maximum absolute atomic E-state index is 13.7. The van der Waals surface area contributed by atoms with E-state index in [2.05, 4.69) is 9.97 Å². The molecular formula is C18H17FN4O4S. The van der Waals surface area contributed by atoms with Crippen molar-refractivity contribution in [3.05, 3.63) is 50.9 Å². The summed E-state index contributed by atoms with van der Waals surface area (Å²) in [6.45, 7) is 1.61. The van der Waals surface area contributed by atoms with Gasteiger partial charge < -0.3 is 4.74 Å². The summed E-state index contributed by atoms with van der Waals surface area (Å²) < 4.78 is 20.6. The van der Waals surface area contributed by atoms with Crippen LogP contribution in [0.15, 0.2) is 38.9 Å². The molecule has 0 bridgehead atoms. The molecule has 2 aromatic heterocycles. The molecule has 146 valence electrons. The van der Waals surface area contributed by atoms with Gasteiger partial charge in [0.25, 0.3) is 5.56 Å². The van der Waals surface area contributed by atoms with Crippen LogP contribution >= 0.6 is 11.8 Å². The van der Waals surface area contributed by atoms with Crippen LogP contribution in [-0.2, 0) is 23.6 Å². The van der Waals surface area contributed by atoms with Gasteiger partial charge in [-0.05, 0) is 19.1 Å². The van der Waals surface area contributed by atoms with E-state index in [1.807, 2.05) is 0 Å². The number of esters is 1. The molecule has 3 aromatic rings. The van der Waals surface area contributed by atoms with Crippen LogP contribution in [0.4, 0.5) is 4.39 Å². The molecule has 8 nitrogen and oxygen atoms in total. The predicted octanol–water partition coefficient (Wildman–Crippen LogP) is 1.49. The molecular weight excluding hydrogens is 387 g/mol. The summed E-state index contributed by atoms with van der Waals surface area (Å²) >= 11 is 1.01. The Morgan fingerprint density at radius 1 is 1.21 bits per heavy atom. The third kappa shape index (κ3) is 3.42. The molecule has 0 saturated carbocycles. The molecule has 2 heterocycles. The number of thioether (sulfide) groups is 1. The average Bonchev–Trinajstić information content (AvgIpc) is 2.69. The van der Waals surface area contributed by atoms with Gasteiger partial charge >= 0.3 is 11.7 Å². The van der Waals surface area contributed by atoms with Gasteiger partial charge in [-0.15, -0.1) is 0 Å². The summed E-state index contributed by atoms with van der Waals surface area (Å²) in [7, 11) is 4.09. The first-order chi connectivity index (χ1) is 13.2. The SMILES string of the molecule is COC(=O)[C@@H](C)Sc1nc(-c2cccc(F)c2)nc2c1c(=O)n(C)c(=O)n2C. The maximum atomic E-state index is 13.7. The lowest BCUT2D eigenvalue weighted by molar-refractivity contribution is -0.139. The smallest absolute Gasteiger partial charge is 0.332 e. The van der Waals surface area contributed by atoms with E-state index in [4.69, 9.17) is 4.74 Å². The number of aryl methyl sites for hydroxylation is 1. The summed E-state index contributed by atoms with van der Waals surface area (Å²) in [6, 6.07) is 5.65. The number of nitrogens with zero attached hydrogens (tertiary/aromatic N) is 4. The Morgan fingerprint density at radius 2 is 1.93 bits per heavy atom. The van der Waals surface area contributed by atoms with Gasteiger partial charge in [0.1, 0.15) is 21.5 Å². The van der Waals surface area contributed by atoms with Gasteiger partial charge in [-0.1, -0.05) is 23.9 Å². The number of hydrogen-bond acceptors (Lipinski definition) is 7. The molecule has 0 radical (unpaired) electrons. The van der Waals surface area contributed by atoms with Crippen LogP contribution in [0.25, 0.3) is 22.4 Å². The molecule has 0 spiro atoms. The van der Waals surface area contributed by atoms with E-state index in [0.29, 0.717) is 5.56 Å². The van der Waals surface area contributed by atoms with E-state index in [0.717, 1.165) is 16.3 Å². The summed E-state index contributed by atoms with van der Waals surface area (Å²) in [5.74, 6) is -0.836. The van der Waals surface area contributed by atoms with Crippen LogP contribution in [0, 0.1) is 5.82 Å². The first-order valence-corrected chi connectivity index (χ1v) is 9.10. The maximum Gasteiger partial charge on any atom is 0.332 e. The number of aromatic nitrogens is 4. The van der Waals surface area contributed by atoms with E-state index >= 15 is 0 Å². The van der Waals surface area contributed by atoms with Gasteiger partial charge in [0.05, 0.1) is 7.11 Å². The standard InChI is InChI=1S/C18H17FN4O4S/c1-9(17(25)27-4)28-15-12-14(22(2)18(26)23(3)16(12)24)20-13(21-15)10-6-5-7-11(19)8-10/h5-9H,1-4H3/t9-/m1/s1. The Hall–Kier alpha value is -3.01. The number of methoxy groups -OCH3 is 1. The van der Waals surface area contributed by atoms with E-state index in [1.165, 1.54) is 44.0 Å². The lowest BCUT2D eigenvalue weighted by atomic mass is 10.2. The molecule has 0 aliphatic rings. The fourth-order valence-corrected chi connectivity index (χ4v) is 3.62. The quantitative estimate of drug-likeness (QED) is 0.369. The van der Waals surface area contributed by atoms with Gasteiger partial charge in [-0.25, -0.2) is 19.2 Å². The van der Waals surface area contributed by atoms with E-state index in [9.17, 15) is 18.8 Å². The minimum atomic E-state index is -0.662. The van der Waals surface area contributed by atoms with Gasteiger partial charge in [0.2, 0.25) is 0 Å². The molecule has 0 saturated heterocycles. The van der Waals surface area contributed by atoms with Crippen LogP contribution in [-0.4, -0.2) is 37.4 Å². The summed E-state index contributed by atoms with van der Waals surface area (Å²) in [5, 5.41) is -0.353. The number of halogens is 1. The molecule has 0 amide bonds. The van der Waals surface area contributed by atoms with Crippen LogP contribution in [0.3, 0.4) is 0 Å². The zero-order chi connectivity index (χ0) is 20.6. The molecule has 0 aliphatic carbocycles. The van der Waals surface area contributed by atoms with Crippen LogP contribution in [0.2, 0.25) is 0 Å². The highest BCUT2D eigenvalue weighted by molar-refractivity contribution is 8.00. The highest BCUT2D eigenvalue weighted by atomic mass is 32.2. The molecule has 1 aromatic carbocycles.